The van der Waals surface area contributed by atoms with Crippen LogP contribution in [-0.2, 0) is 7.05 Å². The van der Waals surface area contributed by atoms with Crippen LogP contribution in [0.1, 0.15) is 36.1 Å². The highest BCUT2D eigenvalue weighted by atomic mass is 35.5. The van der Waals surface area contributed by atoms with Crippen molar-refractivity contribution in [1.29, 1.82) is 0 Å². The zero-order valence-electron chi connectivity index (χ0n) is 13.0. The molecule has 2 heterocycles. The lowest BCUT2D eigenvalue weighted by Crippen LogP contribution is -2.38. The number of carbonyl (C=O) groups is 1. The van der Waals surface area contributed by atoms with Crippen molar-refractivity contribution in [2.45, 2.75) is 19.9 Å². The van der Waals surface area contributed by atoms with Gasteiger partial charge < -0.3 is 9.73 Å². The number of likely N-dealkylation sites (N-methyl/N-ethyl adjacent to an activating group) is 1. The molecule has 0 aliphatic carbocycles. The van der Waals surface area contributed by atoms with Crippen LogP contribution in [0.4, 0.5) is 0 Å². The molecule has 0 radical (unpaired) electrons. The second-order valence-electron chi connectivity index (χ2n) is 4.93. The first-order valence-corrected chi connectivity index (χ1v) is 7.69. The molecule has 0 saturated carbocycles. The van der Waals surface area contributed by atoms with Crippen LogP contribution < -0.4 is 5.32 Å². The van der Waals surface area contributed by atoms with Crippen LogP contribution in [0.3, 0.4) is 0 Å². The van der Waals surface area contributed by atoms with Gasteiger partial charge in [-0.1, -0.05) is 25.4 Å². The predicted octanol–water partition coefficient (Wildman–Crippen LogP) is 2.48. The third kappa shape index (κ3) is 3.51. The Hall–Kier alpha value is -1.79. The van der Waals surface area contributed by atoms with Gasteiger partial charge in [-0.3, -0.25) is 14.4 Å². The zero-order chi connectivity index (χ0) is 16.1. The van der Waals surface area contributed by atoms with Gasteiger partial charge >= 0.3 is 0 Å². The topological polar surface area (TPSA) is 63.3 Å². The molecule has 0 aromatic carbocycles. The van der Waals surface area contributed by atoms with Gasteiger partial charge in [-0.15, -0.1) is 0 Å². The maximum absolute atomic E-state index is 12.3. The predicted molar refractivity (Wildman–Crippen MR) is 84.9 cm³/mol. The van der Waals surface area contributed by atoms with E-state index in [1.165, 1.54) is 10.9 Å². The number of aryl methyl sites for hydroxylation is 1. The highest BCUT2D eigenvalue weighted by molar-refractivity contribution is 6.33. The smallest absolute Gasteiger partial charge is 0.271 e. The third-order valence-electron chi connectivity index (χ3n) is 3.69. The lowest BCUT2D eigenvalue weighted by molar-refractivity contribution is 0.0920. The zero-order valence-corrected chi connectivity index (χ0v) is 13.8. The summed E-state index contributed by atoms with van der Waals surface area (Å²) >= 11 is 6.00. The Morgan fingerprint density at radius 1 is 1.50 bits per heavy atom. The first-order valence-electron chi connectivity index (χ1n) is 7.31. The minimum atomic E-state index is -0.242. The van der Waals surface area contributed by atoms with Crippen molar-refractivity contribution in [2.24, 2.45) is 7.05 Å². The summed E-state index contributed by atoms with van der Waals surface area (Å²) in [6, 6.07) is 3.76. The quantitative estimate of drug-likeness (QED) is 0.850. The highest BCUT2D eigenvalue weighted by Gasteiger charge is 2.23. The highest BCUT2D eigenvalue weighted by Crippen LogP contribution is 2.21. The van der Waals surface area contributed by atoms with E-state index >= 15 is 0 Å². The van der Waals surface area contributed by atoms with Crippen molar-refractivity contribution in [1.82, 2.24) is 20.0 Å². The van der Waals surface area contributed by atoms with Gasteiger partial charge in [0.15, 0.2) is 0 Å². The van der Waals surface area contributed by atoms with E-state index in [2.05, 4.69) is 29.2 Å². The Morgan fingerprint density at radius 2 is 2.23 bits per heavy atom. The maximum Gasteiger partial charge on any atom is 0.271 e. The summed E-state index contributed by atoms with van der Waals surface area (Å²) in [5.74, 6) is 0.591. The second kappa shape index (κ2) is 7.47. The van der Waals surface area contributed by atoms with Crippen LogP contribution >= 0.6 is 11.6 Å². The third-order valence-corrected chi connectivity index (χ3v) is 3.97. The molecule has 0 bridgehead atoms. The van der Waals surface area contributed by atoms with E-state index in [-0.39, 0.29) is 11.9 Å². The van der Waals surface area contributed by atoms with Gasteiger partial charge in [0, 0.05) is 13.6 Å². The van der Waals surface area contributed by atoms with E-state index in [1.54, 1.807) is 13.3 Å². The second-order valence-corrected chi connectivity index (χ2v) is 5.33. The summed E-state index contributed by atoms with van der Waals surface area (Å²) in [6.45, 7) is 6.34. The molecule has 6 nitrogen and oxygen atoms in total. The molecule has 0 spiro atoms. The van der Waals surface area contributed by atoms with E-state index in [0.29, 0.717) is 17.3 Å². The van der Waals surface area contributed by atoms with Gasteiger partial charge in [0.1, 0.15) is 11.5 Å². The largest absolute Gasteiger partial charge is 0.468 e. The molecule has 0 aliphatic rings. The van der Waals surface area contributed by atoms with Crippen LogP contribution in [0.25, 0.3) is 0 Å². The van der Waals surface area contributed by atoms with E-state index < -0.39 is 0 Å². The summed E-state index contributed by atoms with van der Waals surface area (Å²) in [7, 11) is 1.69. The van der Waals surface area contributed by atoms with Crippen molar-refractivity contribution in [2.75, 3.05) is 19.6 Å². The number of hydrogen-bond acceptors (Lipinski definition) is 4. The normalized spacial score (nSPS) is 12.6. The average Bonchev–Trinajstić information content (AvgIpc) is 3.13. The van der Waals surface area contributed by atoms with Gasteiger partial charge in [-0.25, -0.2) is 0 Å². The van der Waals surface area contributed by atoms with Crippen LogP contribution in [0.2, 0.25) is 5.02 Å². The minimum absolute atomic E-state index is 0.0130. The molecule has 0 fully saturated rings. The molecule has 7 heteroatoms. The number of nitrogens with one attached hydrogen (secondary N) is 1. The van der Waals surface area contributed by atoms with Crippen molar-refractivity contribution in [3.63, 3.8) is 0 Å². The molecule has 2 aromatic heterocycles. The lowest BCUT2D eigenvalue weighted by atomic mass is 10.2. The number of carbonyl (C=O) groups excluding carboxylic acids is 1. The molecule has 0 saturated heterocycles. The molecular weight excluding hydrogens is 304 g/mol. The minimum Gasteiger partial charge on any atom is -0.468 e. The van der Waals surface area contributed by atoms with E-state index in [4.69, 9.17) is 16.0 Å². The Labute approximate surface area is 135 Å². The van der Waals surface area contributed by atoms with Crippen LogP contribution in [0.5, 0.6) is 0 Å². The lowest BCUT2D eigenvalue weighted by Gasteiger charge is -2.28. The monoisotopic (exact) mass is 324 g/mol. The van der Waals surface area contributed by atoms with Gasteiger partial charge in [-0.05, 0) is 25.2 Å². The Balaban J connectivity index is 2.10. The number of halogens is 1. The SMILES string of the molecule is CCN(CC)C(CNC(=O)c1c(Cl)cnn1C)c1ccco1. The Morgan fingerprint density at radius 3 is 2.73 bits per heavy atom. The number of hydrogen-bond donors (Lipinski definition) is 1. The fourth-order valence-electron chi connectivity index (χ4n) is 2.49. The molecular formula is C15H21ClN4O2. The van der Waals surface area contributed by atoms with Crippen molar-refractivity contribution >= 4 is 17.5 Å². The summed E-state index contributed by atoms with van der Waals surface area (Å²) in [4.78, 5) is 14.5. The van der Waals surface area contributed by atoms with Crippen LogP contribution in [-0.4, -0.2) is 40.2 Å². The number of furan rings is 1. The van der Waals surface area contributed by atoms with E-state index in [9.17, 15) is 4.79 Å². The molecule has 0 aliphatic heterocycles. The molecule has 1 N–H and O–H groups in total. The fourth-order valence-corrected chi connectivity index (χ4v) is 2.75. The summed E-state index contributed by atoms with van der Waals surface area (Å²) < 4.78 is 6.98. The van der Waals surface area contributed by atoms with Crippen LogP contribution in [0, 0.1) is 0 Å². The maximum atomic E-state index is 12.3. The Kier molecular flexibility index (Phi) is 5.63. The van der Waals surface area contributed by atoms with Gasteiger partial charge in [0.25, 0.3) is 5.91 Å². The number of aromatic nitrogens is 2. The molecule has 2 rings (SSSR count). The standard InChI is InChI=1S/C15H21ClN4O2/c1-4-20(5-2)12(13-7-6-8-22-13)10-17-15(21)14-11(16)9-18-19(14)3/h6-9,12H,4-5,10H2,1-3H3,(H,17,21). The fraction of sp³-hybridized carbons (Fsp3) is 0.467. The van der Waals surface area contributed by atoms with Gasteiger partial charge in [0.2, 0.25) is 0 Å². The molecule has 2 aromatic rings. The molecule has 1 amide bonds. The molecule has 1 atom stereocenters. The van der Waals surface area contributed by atoms with Crippen molar-refractivity contribution < 1.29 is 9.21 Å². The van der Waals surface area contributed by atoms with E-state index in [0.717, 1.165) is 18.8 Å². The van der Waals surface area contributed by atoms with E-state index in [1.807, 2.05) is 12.1 Å². The van der Waals surface area contributed by atoms with Crippen molar-refractivity contribution in [3.05, 3.63) is 41.1 Å². The first-order chi connectivity index (χ1) is 10.6. The summed E-state index contributed by atoms with van der Waals surface area (Å²) in [5.41, 5.74) is 0.361. The Bertz CT molecular complexity index is 586. The van der Waals surface area contributed by atoms with Gasteiger partial charge in [-0.2, -0.15) is 5.10 Å². The first kappa shape index (κ1) is 16.6. The molecule has 120 valence electrons. The van der Waals surface area contributed by atoms with Crippen LogP contribution in [0.15, 0.2) is 29.0 Å². The average molecular weight is 325 g/mol. The molecule has 22 heavy (non-hydrogen) atoms. The number of nitrogens with zero attached hydrogens (tertiary/aromatic N) is 3. The number of amides is 1. The number of rotatable bonds is 7. The summed E-state index contributed by atoms with van der Waals surface area (Å²) in [6.07, 6.45) is 3.11. The van der Waals surface area contributed by atoms with Gasteiger partial charge in [0.05, 0.1) is 23.5 Å². The molecule has 1 unspecified atom stereocenters. The summed E-state index contributed by atoms with van der Waals surface area (Å²) in [5, 5.41) is 7.24. The van der Waals surface area contributed by atoms with Crippen molar-refractivity contribution in [3.8, 4) is 0 Å².